The van der Waals surface area contributed by atoms with E-state index in [4.69, 9.17) is 9.63 Å². The van der Waals surface area contributed by atoms with Crippen LogP contribution in [-0.2, 0) is 11.2 Å². The van der Waals surface area contributed by atoms with Crippen LogP contribution in [0.25, 0.3) is 0 Å². The Morgan fingerprint density at radius 2 is 2.25 bits per heavy atom. The van der Waals surface area contributed by atoms with Crippen molar-refractivity contribution in [3.05, 3.63) is 27.8 Å². The molecule has 20 heavy (non-hydrogen) atoms. The molecule has 2 heterocycles. The van der Waals surface area contributed by atoms with E-state index in [2.05, 4.69) is 15.1 Å². The SMILES string of the molecule is Cc1csc(Cc2noc(C3C(C(=O)O)C3(C)C)n2)n1. The van der Waals surface area contributed by atoms with Crippen LogP contribution < -0.4 is 0 Å². The van der Waals surface area contributed by atoms with Crippen LogP contribution >= 0.6 is 11.3 Å². The normalized spacial score (nSPS) is 23.8. The zero-order valence-corrected chi connectivity index (χ0v) is 12.3. The number of rotatable bonds is 4. The minimum absolute atomic E-state index is 0.195. The van der Waals surface area contributed by atoms with Gasteiger partial charge in [-0.2, -0.15) is 4.98 Å². The molecule has 0 aromatic carbocycles. The highest BCUT2D eigenvalue weighted by Gasteiger charge is 2.65. The molecule has 1 fully saturated rings. The first-order valence-corrected chi connectivity index (χ1v) is 7.24. The Labute approximate surface area is 119 Å². The molecule has 0 amide bonds. The molecule has 2 aromatic rings. The molecular weight excluding hydrogens is 278 g/mol. The molecule has 0 saturated heterocycles. The van der Waals surface area contributed by atoms with Crippen molar-refractivity contribution in [2.75, 3.05) is 0 Å². The monoisotopic (exact) mass is 293 g/mol. The molecule has 0 aliphatic heterocycles. The Hall–Kier alpha value is -1.76. The van der Waals surface area contributed by atoms with Crippen molar-refractivity contribution in [3.63, 3.8) is 0 Å². The summed E-state index contributed by atoms with van der Waals surface area (Å²) < 4.78 is 5.24. The van der Waals surface area contributed by atoms with Crippen molar-refractivity contribution < 1.29 is 14.4 Å². The number of aliphatic carboxylic acids is 1. The fraction of sp³-hybridized carbons (Fsp3) is 0.538. The number of hydrogen-bond donors (Lipinski definition) is 1. The number of nitrogens with zero attached hydrogens (tertiary/aromatic N) is 3. The van der Waals surface area contributed by atoms with Crippen LogP contribution in [0.15, 0.2) is 9.90 Å². The van der Waals surface area contributed by atoms with E-state index in [-0.39, 0.29) is 11.3 Å². The highest BCUT2D eigenvalue weighted by molar-refractivity contribution is 7.09. The van der Waals surface area contributed by atoms with E-state index in [1.807, 2.05) is 26.2 Å². The number of carboxylic acids is 1. The molecule has 2 aromatic heterocycles. The third-order valence-corrected chi connectivity index (χ3v) is 4.79. The van der Waals surface area contributed by atoms with Crippen molar-refractivity contribution in [2.24, 2.45) is 11.3 Å². The second-order valence-corrected chi connectivity index (χ2v) is 6.67. The predicted molar refractivity (Wildman–Crippen MR) is 71.6 cm³/mol. The van der Waals surface area contributed by atoms with Gasteiger partial charge in [0.05, 0.1) is 18.3 Å². The van der Waals surface area contributed by atoms with Gasteiger partial charge < -0.3 is 9.63 Å². The Kier molecular flexibility index (Phi) is 2.89. The number of aromatic nitrogens is 3. The number of carboxylic acid groups (broad SMARTS) is 1. The summed E-state index contributed by atoms with van der Waals surface area (Å²) in [4.78, 5) is 19.8. The molecule has 0 spiro atoms. The molecule has 7 heteroatoms. The Balaban J connectivity index is 1.76. The highest BCUT2D eigenvalue weighted by atomic mass is 32.1. The van der Waals surface area contributed by atoms with E-state index < -0.39 is 11.9 Å². The van der Waals surface area contributed by atoms with Gasteiger partial charge in [0.15, 0.2) is 5.82 Å². The Bertz CT molecular complexity index is 661. The molecule has 106 valence electrons. The fourth-order valence-electron chi connectivity index (χ4n) is 2.64. The fourth-order valence-corrected chi connectivity index (χ4v) is 3.41. The first-order chi connectivity index (χ1) is 9.39. The quantitative estimate of drug-likeness (QED) is 0.930. The zero-order valence-electron chi connectivity index (χ0n) is 11.5. The second kappa shape index (κ2) is 4.37. The minimum atomic E-state index is -0.810. The molecule has 2 atom stereocenters. The Morgan fingerprint density at radius 3 is 2.80 bits per heavy atom. The van der Waals surface area contributed by atoms with Gasteiger partial charge in [0, 0.05) is 11.1 Å². The van der Waals surface area contributed by atoms with Crippen molar-refractivity contribution in [1.29, 1.82) is 0 Å². The lowest BCUT2D eigenvalue weighted by Gasteiger charge is -1.96. The van der Waals surface area contributed by atoms with Gasteiger partial charge in [-0.3, -0.25) is 4.79 Å². The molecule has 0 radical (unpaired) electrons. The standard InChI is InChI=1S/C13H15N3O3S/c1-6-5-20-8(14-6)4-7-15-11(19-16-7)9-10(12(17)18)13(9,2)3/h5,9-10H,4H2,1-3H3,(H,17,18). The van der Waals surface area contributed by atoms with Crippen LogP contribution in [0.3, 0.4) is 0 Å². The lowest BCUT2D eigenvalue weighted by atomic mass is 10.1. The highest BCUT2D eigenvalue weighted by Crippen LogP contribution is 2.63. The van der Waals surface area contributed by atoms with Gasteiger partial charge in [0.1, 0.15) is 5.01 Å². The van der Waals surface area contributed by atoms with E-state index in [0.29, 0.717) is 18.1 Å². The number of aryl methyl sites for hydroxylation is 1. The van der Waals surface area contributed by atoms with Crippen LogP contribution in [0, 0.1) is 18.3 Å². The van der Waals surface area contributed by atoms with E-state index in [0.717, 1.165) is 10.7 Å². The van der Waals surface area contributed by atoms with Crippen LogP contribution in [-0.4, -0.2) is 26.2 Å². The zero-order chi connectivity index (χ0) is 14.5. The largest absolute Gasteiger partial charge is 0.481 e. The molecule has 0 bridgehead atoms. The molecule has 1 aliphatic rings. The van der Waals surface area contributed by atoms with E-state index >= 15 is 0 Å². The van der Waals surface area contributed by atoms with Crippen LogP contribution in [0.2, 0.25) is 0 Å². The number of thiazole rings is 1. The average Bonchev–Trinajstić information content (AvgIpc) is 2.74. The molecule has 6 nitrogen and oxygen atoms in total. The van der Waals surface area contributed by atoms with Gasteiger partial charge in [0.2, 0.25) is 5.89 Å². The van der Waals surface area contributed by atoms with Gasteiger partial charge in [-0.15, -0.1) is 11.3 Å². The van der Waals surface area contributed by atoms with Gasteiger partial charge in [-0.25, -0.2) is 4.98 Å². The van der Waals surface area contributed by atoms with Crippen molar-refractivity contribution in [2.45, 2.75) is 33.1 Å². The van der Waals surface area contributed by atoms with Crippen molar-refractivity contribution in [3.8, 4) is 0 Å². The first kappa shape index (κ1) is 13.2. The summed E-state index contributed by atoms with van der Waals surface area (Å²) in [5, 5.41) is 16.0. The molecule has 3 rings (SSSR count). The molecule has 2 unspecified atom stereocenters. The van der Waals surface area contributed by atoms with Crippen LogP contribution in [0.5, 0.6) is 0 Å². The molecule has 1 N–H and O–H groups in total. The smallest absolute Gasteiger partial charge is 0.307 e. The predicted octanol–water partition coefficient (Wildman–Crippen LogP) is 2.25. The third-order valence-electron chi connectivity index (χ3n) is 3.82. The van der Waals surface area contributed by atoms with Crippen molar-refractivity contribution in [1.82, 2.24) is 15.1 Å². The maximum absolute atomic E-state index is 11.2. The molecule has 1 aliphatic carbocycles. The van der Waals surface area contributed by atoms with E-state index in [1.54, 1.807) is 11.3 Å². The first-order valence-electron chi connectivity index (χ1n) is 6.36. The summed E-state index contributed by atoms with van der Waals surface area (Å²) in [7, 11) is 0. The summed E-state index contributed by atoms with van der Waals surface area (Å²) in [5.41, 5.74) is 0.649. The van der Waals surface area contributed by atoms with Crippen LogP contribution in [0.1, 0.15) is 42.2 Å². The summed E-state index contributed by atoms with van der Waals surface area (Å²) in [6.07, 6.45) is 0.521. The summed E-state index contributed by atoms with van der Waals surface area (Å²) in [5.74, 6) is -0.473. The molecule has 1 saturated carbocycles. The Morgan fingerprint density at radius 1 is 1.50 bits per heavy atom. The maximum atomic E-state index is 11.2. The summed E-state index contributed by atoms with van der Waals surface area (Å²) >= 11 is 1.56. The third kappa shape index (κ3) is 2.11. The van der Waals surface area contributed by atoms with Gasteiger partial charge in [0.25, 0.3) is 0 Å². The van der Waals surface area contributed by atoms with Gasteiger partial charge in [-0.1, -0.05) is 19.0 Å². The second-order valence-electron chi connectivity index (χ2n) is 5.72. The van der Waals surface area contributed by atoms with E-state index in [1.165, 1.54) is 0 Å². The van der Waals surface area contributed by atoms with Gasteiger partial charge >= 0.3 is 5.97 Å². The van der Waals surface area contributed by atoms with Crippen LogP contribution in [0.4, 0.5) is 0 Å². The average molecular weight is 293 g/mol. The lowest BCUT2D eigenvalue weighted by Crippen LogP contribution is -2.03. The van der Waals surface area contributed by atoms with Crippen molar-refractivity contribution >= 4 is 17.3 Å². The minimum Gasteiger partial charge on any atom is -0.481 e. The number of hydrogen-bond acceptors (Lipinski definition) is 6. The van der Waals surface area contributed by atoms with E-state index in [9.17, 15) is 4.79 Å². The summed E-state index contributed by atoms with van der Waals surface area (Å²) in [6.45, 7) is 5.75. The lowest BCUT2D eigenvalue weighted by molar-refractivity contribution is -0.139. The molecular formula is C13H15N3O3S. The topological polar surface area (TPSA) is 89.1 Å². The summed E-state index contributed by atoms with van der Waals surface area (Å²) in [6, 6.07) is 0. The maximum Gasteiger partial charge on any atom is 0.307 e. The van der Waals surface area contributed by atoms with Gasteiger partial charge in [-0.05, 0) is 12.3 Å². The number of carbonyl (C=O) groups is 1.